The molecule has 1 aliphatic heterocycles. The van der Waals surface area contributed by atoms with Crippen LogP contribution in [0.2, 0.25) is 0 Å². The van der Waals surface area contributed by atoms with Crippen LogP contribution >= 0.6 is 0 Å². The molecular weight excluding hydrogens is 212 g/mol. The maximum atomic E-state index is 12.6. The molecule has 3 rings (SSSR count). The van der Waals surface area contributed by atoms with Crippen molar-refractivity contribution < 1.29 is 4.79 Å². The Hall–Kier alpha value is -0.570. The largest absolute Gasteiger partial charge is 0.322 e. The number of rotatable bonds is 2. The molecule has 0 bridgehead atoms. The van der Waals surface area contributed by atoms with Crippen molar-refractivity contribution in [1.29, 1.82) is 0 Å². The Morgan fingerprint density at radius 1 is 1.35 bits per heavy atom. The molecular formula is C14H24N2O. The molecule has 0 aromatic carbocycles. The first-order valence-corrected chi connectivity index (χ1v) is 7.11. The predicted molar refractivity (Wildman–Crippen MR) is 67.4 cm³/mol. The lowest BCUT2D eigenvalue weighted by Crippen LogP contribution is -2.48. The molecule has 2 unspecified atom stereocenters. The number of hydrogen-bond acceptors (Lipinski definition) is 2. The molecule has 2 atom stereocenters. The second-order valence-corrected chi connectivity index (χ2v) is 6.76. The number of amides is 1. The van der Waals surface area contributed by atoms with Gasteiger partial charge in [-0.15, -0.1) is 0 Å². The van der Waals surface area contributed by atoms with Gasteiger partial charge >= 0.3 is 0 Å². The molecule has 96 valence electrons. The van der Waals surface area contributed by atoms with Crippen LogP contribution in [0.25, 0.3) is 0 Å². The van der Waals surface area contributed by atoms with Crippen molar-refractivity contribution in [3.8, 4) is 0 Å². The van der Waals surface area contributed by atoms with Crippen molar-refractivity contribution in [1.82, 2.24) is 10.2 Å². The van der Waals surface area contributed by atoms with Gasteiger partial charge in [0.05, 0.1) is 11.7 Å². The third kappa shape index (κ3) is 1.55. The van der Waals surface area contributed by atoms with Gasteiger partial charge in [0.1, 0.15) is 0 Å². The number of carbonyl (C=O) groups is 1. The van der Waals surface area contributed by atoms with Gasteiger partial charge in [0, 0.05) is 6.04 Å². The summed E-state index contributed by atoms with van der Waals surface area (Å²) < 4.78 is 0. The zero-order valence-electron chi connectivity index (χ0n) is 11.3. The average molecular weight is 236 g/mol. The molecule has 1 saturated heterocycles. The van der Waals surface area contributed by atoms with Crippen LogP contribution in [0.3, 0.4) is 0 Å². The molecule has 1 spiro atoms. The van der Waals surface area contributed by atoms with E-state index < -0.39 is 0 Å². The minimum absolute atomic E-state index is 0.140. The van der Waals surface area contributed by atoms with Crippen molar-refractivity contribution in [3.05, 3.63) is 0 Å². The van der Waals surface area contributed by atoms with Crippen LogP contribution in [0.15, 0.2) is 0 Å². The maximum Gasteiger partial charge on any atom is 0.244 e. The van der Waals surface area contributed by atoms with Gasteiger partial charge in [-0.25, -0.2) is 0 Å². The van der Waals surface area contributed by atoms with Gasteiger partial charge in [0.2, 0.25) is 5.91 Å². The fraction of sp³-hybridized carbons (Fsp3) is 0.929. The minimum Gasteiger partial charge on any atom is -0.322 e. The maximum absolute atomic E-state index is 12.6. The second kappa shape index (κ2) is 3.47. The first-order chi connectivity index (χ1) is 8.00. The smallest absolute Gasteiger partial charge is 0.244 e. The molecule has 17 heavy (non-hydrogen) atoms. The molecule has 3 fully saturated rings. The van der Waals surface area contributed by atoms with E-state index in [0.717, 1.165) is 19.3 Å². The fourth-order valence-corrected chi connectivity index (χ4v) is 3.80. The lowest BCUT2D eigenvalue weighted by molar-refractivity contribution is -0.135. The Balaban J connectivity index is 1.88. The number of nitrogens with one attached hydrogen (secondary N) is 1. The first-order valence-electron chi connectivity index (χ1n) is 7.11. The minimum atomic E-state index is -0.140. The molecule has 0 radical (unpaired) electrons. The van der Waals surface area contributed by atoms with Gasteiger partial charge in [-0.3, -0.25) is 10.1 Å². The number of nitrogens with zero attached hydrogens (tertiary/aromatic N) is 1. The standard InChI is InChI=1S/C14H24N2O/c1-4-11-15-14(8-9-14)12(17)16(11)10-6-5-7-13(10,2)3/h10-11,15H,4-9H2,1-3H3. The molecule has 3 aliphatic rings. The van der Waals surface area contributed by atoms with Gasteiger partial charge in [-0.05, 0) is 37.5 Å². The molecule has 2 saturated carbocycles. The summed E-state index contributed by atoms with van der Waals surface area (Å²) in [5.74, 6) is 0.393. The Labute approximate surface area is 104 Å². The van der Waals surface area contributed by atoms with Crippen molar-refractivity contribution in [2.45, 2.75) is 77.0 Å². The van der Waals surface area contributed by atoms with Crippen LogP contribution in [0.1, 0.15) is 59.3 Å². The van der Waals surface area contributed by atoms with Crippen LogP contribution in [0.5, 0.6) is 0 Å². The molecule has 2 aliphatic carbocycles. The summed E-state index contributed by atoms with van der Waals surface area (Å²) >= 11 is 0. The lowest BCUT2D eigenvalue weighted by atomic mass is 9.86. The van der Waals surface area contributed by atoms with E-state index >= 15 is 0 Å². The molecule has 0 aromatic heterocycles. The van der Waals surface area contributed by atoms with Crippen LogP contribution in [-0.2, 0) is 4.79 Å². The van der Waals surface area contributed by atoms with Crippen molar-refractivity contribution in [2.75, 3.05) is 0 Å². The van der Waals surface area contributed by atoms with E-state index in [1.54, 1.807) is 0 Å². The van der Waals surface area contributed by atoms with Crippen LogP contribution in [-0.4, -0.2) is 28.6 Å². The van der Waals surface area contributed by atoms with Crippen LogP contribution in [0.4, 0.5) is 0 Å². The summed E-state index contributed by atoms with van der Waals surface area (Å²) in [5.41, 5.74) is 0.157. The normalized spacial score (nSPS) is 38.1. The highest BCUT2D eigenvalue weighted by Crippen LogP contribution is 2.48. The van der Waals surface area contributed by atoms with E-state index in [-0.39, 0.29) is 11.7 Å². The molecule has 1 N–H and O–H groups in total. The molecule has 3 heteroatoms. The van der Waals surface area contributed by atoms with E-state index in [1.807, 2.05) is 0 Å². The summed E-state index contributed by atoms with van der Waals surface area (Å²) in [7, 11) is 0. The van der Waals surface area contributed by atoms with E-state index in [9.17, 15) is 4.79 Å². The highest BCUT2D eigenvalue weighted by molar-refractivity contribution is 5.92. The Morgan fingerprint density at radius 2 is 2.06 bits per heavy atom. The fourth-order valence-electron chi connectivity index (χ4n) is 3.80. The number of carbonyl (C=O) groups excluding carboxylic acids is 1. The third-order valence-corrected chi connectivity index (χ3v) is 5.10. The average Bonchev–Trinajstić information content (AvgIpc) is 2.90. The van der Waals surface area contributed by atoms with Crippen LogP contribution < -0.4 is 5.32 Å². The highest BCUT2D eigenvalue weighted by Gasteiger charge is 2.61. The summed E-state index contributed by atoms with van der Waals surface area (Å²) in [5, 5.41) is 3.58. The summed E-state index contributed by atoms with van der Waals surface area (Å²) in [6, 6.07) is 0.451. The molecule has 1 amide bonds. The van der Waals surface area contributed by atoms with Crippen molar-refractivity contribution in [2.24, 2.45) is 5.41 Å². The van der Waals surface area contributed by atoms with E-state index in [2.05, 4.69) is 31.0 Å². The summed E-state index contributed by atoms with van der Waals surface area (Å²) in [6.45, 7) is 6.83. The Kier molecular flexibility index (Phi) is 2.35. The monoisotopic (exact) mass is 236 g/mol. The molecule has 3 nitrogen and oxygen atoms in total. The van der Waals surface area contributed by atoms with E-state index in [1.165, 1.54) is 19.3 Å². The lowest BCUT2D eigenvalue weighted by Gasteiger charge is -2.38. The van der Waals surface area contributed by atoms with E-state index in [4.69, 9.17) is 0 Å². The van der Waals surface area contributed by atoms with Gasteiger partial charge in [0.25, 0.3) is 0 Å². The summed E-state index contributed by atoms with van der Waals surface area (Å²) in [4.78, 5) is 14.8. The Morgan fingerprint density at radius 3 is 2.53 bits per heavy atom. The third-order valence-electron chi connectivity index (χ3n) is 5.10. The van der Waals surface area contributed by atoms with Gasteiger partial charge in [-0.2, -0.15) is 0 Å². The van der Waals surface area contributed by atoms with Gasteiger partial charge < -0.3 is 4.90 Å². The quantitative estimate of drug-likeness (QED) is 0.797. The molecule has 0 aromatic rings. The summed E-state index contributed by atoms with van der Waals surface area (Å²) in [6.07, 6.45) is 7.12. The van der Waals surface area contributed by atoms with Crippen molar-refractivity contribution in [3.63, 3.8) is 0 Å². The second-order valence-electron chi connectivity index (χ2n) is 6.76. The highest BCUT2D eigenvalue weighted by atomic mass is 16.2. The van der Waals surface area contributed by atoms with Crippen molar-refractivity contribution >= 4 is 5.91 Å². The van der Waals surface area contributed by atoms with Crippen LogP contribution in [0, 0.1) is 5.41 Å². The topological polar surface area (TPSA) is 32.3 Å². The zero-order valence-corrected chi connectivity index (χ0v) is 11.3. The SMILES string of the molecule is CCC1NC2(CC2)C(=O)N1C1CCCC1(C)C. The van der Waals surface area contributed by atoms with Gasteiger partial charge in [-0.1, -0.05) is 27.2 Å². The Bertz CT molecular complexity index is 346. The first kappa shape index (κ1) is 11.5. The van der Waals surface area contributed by atoms with E-state index in [0.29, 0.717) is 17.4 Å². The van der Waals surface area contributed by atoms with Gasteiger partial charge in [0.15, 0.2) is 0 Å². The molecule has 1 heterocycles. The predicted octanol–water partition coefficient (Wildman–Crippen LogP) is 2.27. The number of hydrogen-bond donors (Lipinski definition) is 1. The zero-order chi connectivity index (χ0) is 12.3.